The lowest BCUT2D eigenvalue weighted by molar-refractivity contribution is -0.142. The molecule has 2 amide bonds. The van der Waals surface area contributed by atoms with Gasteiger partial charge in [-0.2, -0.15) is 0 Å². The van der Waals surface area contributed by atoms with Crippen LogP contribution < -0.4 is 14.4 Å². The second kappa shape index (κ2) is 10.2. The maximum absolute atomic E-state index is 12.9. The lowest BCUT2D eigenvalue weighted by Crippen LogP contribution is -2.27. The van der Waals surface area contributed by atoms with Gasteiger partial charge in [-0.3, -0.25) is 9.59 Å². The van der Waals surface area contributed by atoms with Gasteiger partial charge < -0.3 is 14.2 Å². The highest BCUT2D eigenvalue weighted by Crippen LogP contribution is 2.40. The molecule has 3 rings (SSSR count). The normalized spacial score (nSPS) is 14.8. The Morgan fingerprint density at radius 3 is 2.68 bits per heavy atom. The van der Waals surface area contributed by atoms with Crippen molar-refractivity contribution in [1.82, 2.24) is 0 Å². The average molecular weight is 527 g/mol. The van der Waals surface area contributed by atoms with Crippen molar-refractivity contribution in [3.8, 4) is 11.5 Å². The summed E-state index contributed by atoms with van der Waals surface area (Å²) in [5, 5.41) is 0.00834. The van der Waals surface area contributed by atoms with Crippen LogP contribution in [0.5, 0.6) is 11.5 Å². The number of ether oxygens (including phenoxy) is 3. The van der Waals surface area contributed by atoms with Gasteiger partial charge >= 0.3 is 5.97 Å². The lowest BCUT2D eigenvalue weighted by atomic mass is 10.1. The third-order valence-corrected chi connectivity index (χ3v) is 5.75. The van der Waals surface area contributed by atoms with Crippen molar-refractivity contribution in [2.24, 2.45) is 0 Å². The molecule has 1 aliphatic heterocycles. The average Bonchev–Trinajstić information content (AvgIpc) is 3.00. The quantitative estimate of drug-likeness (QED) is 0.358. The molecular formula is C21H17BrClNO6S. The zero-order valence-corrected chi connectivity index (χ0v) is 19.7. The molecule has 1 aliphatic rings. The molecule has 0 unspecified atom stereocenters. The Balaban J connectivity index is 1.91. The van der Waals surface area contributed by atoms with Gasteiger partial charge in [-0.05, 0) is 76.6 Å². The minimum Gasteiger partial charge on any atom is -0.490 e. The maximum atomic E-state index is 12.9. The van der Waals surface area contributed by atoms with Crippen LogP contribution in [0.2, 0.25) is 5.02 Å². The standard InChI is InChI=1S/C21H17BrClNO6S/c1-3-29-16-8-12(7-15(22)19(16)30-11-18(25)28-2)9-17-20(26)24(21(27)31-17)14-6-4-5-13(23)10-14/h4-10H,3,11H2,1-2H3/b17-9+. The molecule has 0 bridgehead atoms. The van der Waals surface area contributed by atoms with Gasteiger partial charge in [0.1, 0.15) is 0 Å². The van der Waals surface area contributed by atoms with E-state index in [0.717, 1.165) is 16.7 Å². The van der Waals surface area contributed by atoms with Gasteiger partial charge in [-0.15, -0.1) is 0 Å². The molecule has 0 spiro atoms. The second-order valence-electron chi connectivity index (χ2n) is 6.12. The van der Waals surface area contributed by atoms with Crippen molar-refractivity contribution in [3.63, 3.8) is 0 Å². The first-order valence-electron chi connectivity index (χ1n) is 9.03. The fourth-order valence-electron chi connectivity index (χ4n) is 2.72. The summed E-state index contributed by atoms with van der Waals surface area (Å²) >= 11 is 10.2. The van der Waals surface area contributed by atoms with Crippen LogP contribution in [0.25, 0.3) is 6.08 Å². The highest BCUT2D eigenvalue weighted by Gasteiger charge is 2.36. The van der Waals surface area contributed by atoms with E-state index in [2.05, 4.69) is 20.7 Å². The van der Waals surface area contributed by atoms with Crippen molar-refractivity contribution in [3.05, 3.63) is 56.4 Å². The zero-order valence-electron chi connectivity index (χ0n) is 16.5. The molecule has 1 fully saturated rings. The number of halogens is 2. The number of carbonyl (C=O) groups excluding carboxylic acids is 3. The largest absolute Gasteiger partial charge is 0.490 e. The summed E-state index contributed by atoms with van der Waals surface area (Å²) in [4.78, 5) is 38.0. The van der Waals surface area contributed by atoms with E-state index in [1.165, 1.54) is 7.11 Å². The second-order valence-corrected chi connectivity index (χ2v) is 8.41. The number of anilines is 1. The molecular weight excluding hydrogens is 510 g/mol. The summed E-state index contributed by atoms with van der Waals surface area (Å²) in [6.07, 6.45) is 1.59. The number of hydrogen-bond acceptors (Lipinski definition) is 7. The number of amides is 2. The highest BCUT2D eigenvalue weighted by molar-refractivity contribution is 9.10. The van der Waals surface area contributed by atoms with Crippen LogP contribution in [0.3, 0.4) is 0 Å². The van der Waals surface area contributed by atoms with E-state index in [9.17, 15) is 14.4 Å². The van der Waals surface area contributed by atoms with E-state index in [4.69, 9.17) is 21.1 Å². The summed E-state index contributed by atoms with van der Waals surface area (Å²) in [5.41, 5.74) is 1.01. The summed E-state index contributed by atoms with van der Waals surface area (Å²) in [7, 11) is 1.27. The molecule has 7 nitrogen and oxygen atoms in total. The SMILES string of the molecule is CCOc1cc(/C=C2/SC(=O)N(c3cccc(Cl)c3)C2=O)cc(Br)c1OCC(=O)OC. The van der Waals surface area contributed by atoms with Crippen LogP contribution in [0.1, 0.15) is 12.5 Å². The maximum Gasteiger partial charge on any atom is 0.343 e. The van der Waals surface area contributed by atoms with Gasteiger partial charge in [-0.1, -0.05) is 17.7 Å². The molecule has 1 saturated heterocycles. The van der Waals surface area contributed by atoms with E-state index in [1.807, 2.05) is 0 Å². The van der Waals surface area contributed by atoms with Crippen LogP contribution in [0.15, 0.2) is 45.8 Å². The third kappa shape index (κ3) is 5.41. The Bertz CT molecular complexity index is 1070. The van der Waals surface area contributed by atoms with Crippen LogP contribution >= 0.6 is 39.3 Å². The first-order chi connectivity index (χ1) is 14.8. The number of methoxy groups -OCH3 is 1. The molecule has 2 aromatic carbocycles. The highest BCUT2D eigenvalue weighted by atomic mass is 79.9. The Morgan fingerprint density at radius 1 is 1.23 bits per heavy atom. The number of imide groups is 1. The summed E-state index contributed by atoms with van der Waals surface area (Å²) in [6, 6.07) is 9.89. The summed E-state index contributed by atoms with van der Waals surface area (Å²) in [6.45, 7) is 1.88. The Hall–Kier alpha value is -2.49. The van der Waals surface area contributed by atoms with Crippen molar-refractivity contribution in [2.75, 3.05) is 25.2 Å². The molecule has 162 valence electrons. The molecule has 2 aromatic rings. The number of rotatable bonds is 7. The van der Waals surface area contributed by atoms with E-state index in [-0.39, 0.29) is 11.5 Å². The van der Waals surface area contributed by atoms with Gasteiger partial charge in [0.25, 0.3) is 11.1 Å². The molecule has 0 aliphatic carbocycles. The smallest absolute Gasteiger partial charge is 0.343 e. The van der Waals surface area contributed by atoms with Crippen LogP contribution in [-0.4, -0.2) is 37.4 Å². The number of benzene rings is 2. The fraction of sp³-hybridized carbons (Fsp3) is 0.190. The Labute approximate surface area is 196 Å². The first-order valence-corrected chi connectivity index (χ1v) is 11.0. The number of hydrogen-bond donors (Lipinski definition) is 0. The first kappa shape index (κ1) is 23.2. The van der Waals surface area contributed by atoms with E-state index >= 15 is 0 Å². The van der Waals surface area contributed by atoms with E-state index in [1.54, 1.807) is 49.4 Å². The van der Waals surface area contributed by atoms with Crippen LogP contribution in [-0.2, 0) is 14.3 Å². The van der Waals surface area contributed by atoms with Gasteiger partial charge in [0.15, 0.2) is 18.1 Å². The molecule has 31 heavy (non-hydrogen) atoms. The topological polar surface area (TPSA) is 82.1 Å². The minimum atomic E-state index is -0.534. The Morgan fingerprint density at radius 2 is 2.00 bits per heavy atom. The van der Waals surface area contributed by atoms with Gasteiger partial charge in [0.05, 0.1) is 28.8 Å². The predicted molar refractivity (Wildman–Crippen MR) is 123 cm³/mol. The molecule has 0 atom stereocenters. The molecule has 0 aromatic heterocycles. The molecule has 0 N–H and O–H groups in total. The lowest BCUT2D eigenvalue weighted by Gasteiger charge is -2.14. The predicted octanol–water partition coefficient (Wildman–Crippen LogP) is 5.29. The number of carbonyl (C=O) groups is 3. The number of thioether (sulfide) groups is 1. The number of esters is 1. The third-order valence-electron chi connectivity index (χ3n) is 4.05. The van der Waals surface area contributed by atoms with Gasteiger partial charge in [0.2, 0.25) is 0 Å². The van der Waals surface area contributed by atoms with Crippen molar-refractivity contribution in [1.29, 1.82) is 0 Å². The Kier molecular flexibility index (Phi) is 7.64. The fourth-order valence-corrected chi connectivity index (χ4v) is 4.32. The summed E-state index contributed by atoms with van der Waals surface area (Å²) in [5.74, 6) is -0.275. The van der Waals surface area contributed by atoms with Gasteiger partial charge in [-0.25, -0.2) is 9.69 Å². The molecule has 0 radical (unpaired) electrons. The van der Waals surface area contributed by atoms with Crippen LogP contribution in [0, 0.1) is 0 Å². The molecule has 10 heteroatoms. The van der Waals surface area contributed by atoms with E-state index in [0.29, 0.717) is 38.9 Å². The van der Waals surface area contributed by atoms with Crippen molar-refractivity contribution >= 4 is 68.2 Å². The zero-order chi connectivity index (χ0) is 22.5. The van der Waals surface area contributed by atoms with Crippen molar-refractivity contribution < 1.29 is 28.6 Å². The summed E-state index contributed by atoms with van der Waals surface area (Å²) < 4.78 is 16.2. The minimum absolute atomic E-state index is 0.252. The molecule has 0 saturated carbocycles. The monoisotopic (exact) mass is 525 g/mol. The van der Waals surface area contributed by atoms with Crippen LogP contribution in [0.4, 0.5) is 10.5 Å². The van der Waals surface area contributed by atoms with Crippen molar-refractivity contribution in [2.45, 2.75) is 6.92 Å². The van der Waals surface area contributed by atoms with Gasteiger partial charge in [0, 0.05) is 5.02 Å². The number of nitrogens with zero attached hydrogens (tertiary/aromatic N) is 1. The van der Waals surface area contributed by atoms with E-state index < -0.39 is 17.1 Å². The molecule has 1 heterocycles.